The molecule has 0 spiro atoms. The minimum Gasteiger partial charge on any atom is -0.359 e. The van der Waals surface area contributed by atoms with Gasteiger partial charge in [0.1, 0.15) is 6.79 Å². The summed E-state index contributed by atoms with van der Waals surface area (Å²) in [5, 5.41) is 0.675. The van der Waals surface area contributed by atoms with Gasteiger partial charge in [-0.05, 0) is 42.2 Å². The van der Waals surface area contributed by atoms with Crippen LogP contribution in [0.25, 0.3) is 11.1 Å². The van der Waals surface area contributed by atoms with E-state index in [0.29, 0.717) is 11.4 Å². The van der Waals surface area contributed by atoms with Gasteiger partial charge in [-0.2, -0.15) is 8.42 Å². The fourth-order valence-corrected chi connectivity index (χ4v) is 5.19. The Morgan fingerprint density at radius 3 is 2.24 bits per heavy atom. The van der Waals surface area contributed by atoms with Crippen LogP contribution in [0, 0.1) is 0 Å². The molecule has 0 aromatic heterocycles. The van der Waals surface area contributed by atoms with Gasteiger partial charge in [0.2, 0.25) is 0 Å². The molecule has 2 atom stereocenters. The normalized spacial score (nSPS) is 19.7. The average Bonchev–Trinajstić information content (AvgIpc) is 2.80. The summed E-state index contributed by atoms with van der Waals surface area (Å²) in [6.07, 6.45) is 5.90. The van der Waals surface area contributed by atoms with E-state index in [0.717, 1.165) is 35.1 Å². The topological polar surface area (TPSA) is 72.8 Å². The molecule has 0 saturated heterocycles. The average molecular weight is 491 g/mol. The zero-order chi connectivity index (χ0) is 24.1. The van der Waals surface area contributed by atoms with Crippen LogP contribution < -0.4 is 0 Å². The van der Waals surface area contributed by atoms with Crippen LogP contribution in [0.15, 0.2) is 71.2 Å². The molecule has 0 bridgehead atoms. The zero-order valence-electron chi connectivity index (χ0n) is 19.3. The molecule has 178 valence electrons. The van der Waals surface area contributed by atoms with E-state index < -0.39 is 15.5 Å². The highest BCUT2D eigenvalue weighted by atomic mass is 35.5. The summed E-state index contributed by atoms with van der Waals surface area (Å²) in [5.74, 6) is 0. The first-order valence-electron chi connectivity index (χ1n) is 11.1. The van der Waals surface area contributed by atoms with Crippen molar-refractivity contribution < 1.29 is 22.4 Å². The van der Waals surface area contributed by atoms with Crippen molar-refractivity contribution in [3.63, 3.8) is 0 Å². The molecule has 0 radical (unpaired) electrons. The van der Waals surface area contributed by atoms with Crippen LogP contribution >= 0.6 is 11.6 Å². The van der Waals surface area contributed by atoms with E-state index in [1.165, 1.54) is 0 Å². The molecule has 1 aliphatic rings. The molecular formula is C26H31ClO5S. The number of rotatable bonds is 10. The van der Waals surface area contributed by atoms with Crippen molar-refractivity contribution in [3.05, 3.63) is 81.7 Å². The first kappa shape index (κ1) is 25.7. The maximum absolute atomic E-state index is 12.1. The highest BCUT2D eigenvalue weighted by molar-refractivity contribution is 7.89. The Morgan fingerprint density at radius 1 is 1.09 bits per heavy atom. The summed E-state index contributed by atoms with van der Waals surface area (Å²) in [7, 11) is -2.78. The molecule has 2 aromatic carbocycles. The van der Waals surface area contributed by atoms with Gasteiger partial charge in [0, 0.05) is 18.6 Å². The van der Waals surface area contributed by atoms with Gasteiger partial charge in [-0.1, -0.05) is 85.5 Å². The summed E-state index contributed by atoms with van der Waals surface area (Å²) in [6, 6.07) is 15.6. The van der Waals surface area contributed by atoms with Gasteiger partial charge < -0.3 is 9.47 Å². The molecule has 0 fully saturated rings. The van der Waals surface area contributed by atoms with Crippen LogP contribution in [0.1, 0.15) is 45.1 Å². The Balaban J connectivity index is 2.15. The molecule has 2 aromatic rings. The van der Waals surface area contributed by atoms with Crippen LogP contribution in [0.4, 0.5) is 0 Å². The molecule has 0 saturated carbocycles. The number of halogens is 1. The maximum Gasteiger partial charge on any atom is 0.290 e. The van der Waals surface area contributed by atoms with Gasteiger partial charge in [0.05, 0.1) is 16.4 Å². The lowest BCUT2D eigenvalue weighted by Crippen LogP contribution is -2.43. The third-order valence-corrected chi connectivity index (χ3v) is 7.44. The standard InChI is InChI=1S/C26H31ClO5S/c1-4-5-6-25(32-18-31-3)26(17-24(33(28,29)30)16-7-19(26)2)22-12-8-20(9-13-22)21-10-14-23(27)15-11-21/h7-15,17,25H,4-6,16,18H2,1-3H3,(H,28,29,30). The van der Waals surface area contributed by atoms with E-state index in [1.807, 2.05) is 61.5 Å². The SMILES string of the molecule is CCCCC(OCOC)C1(c2ccc(-c3ccc(Cl)cc3)cc2)C=C(S(=O)(=O)O)CC=C1C. The van der Waals surface area contributed by atoms with Crippen molar-refractivity contribution in [2.45, 2.75) is 51.0 Å². The second-order valence-electron chi connectivity index (χ2n) is 8.33. The van der Waals surface area contributed by atoms with Crippen LogP contribution in [-0.2, 0) is 25.0 Å². The third-order valence-electron chi connectivity index (χ3n) is 6.24. The Kier molecular flexibility index (Phi) is 8.54. The number of allylic oxidation sites excluding steroid dienone is 2. The highest BCUT2D eigenvalue weighted by Crippen LogP contribution is 2.45. The molecule has 3 rings (SSSR count). The molecule has 0 aliphatic heterocycles. The van der Waals surface area contributed by atoms with Gasteiger partial charge in [-0.25, -0.2) is 0 Å². The van der Waals surface area contributed by atoms with E-state index in [-0.39, 0.29) is 24.2 Å². The lowest BCUT2D eigenvalue weighted by molar-refractivity contribution is -0.0903. The Morgan fingerprint density at radius 2 is 1.70 bits per heavy atom. The molecule has 0 amide bonds. The third kappa shape index (κ3) is 5.76. The smallest absolute Gasteiger partial charge is 0.290 e. The number of unbranched alkanes of at least 4 members (excludes halogenated alkanes) is 1. The van der Waals surface area contributed by atoms with Crippen molar-refractivity contribution in [1.82, 2.24) is 0 Å². The Bertz CT molecular complexity index is 1100. The number of hydrogen-bond acceptors (Lipinski definition) is 4. The van der Waals surface area contributed by atoms with Crippen LogP contribution in [0.2, 0.25) is 5.02 Å². The highest BCUT2D eigenvalue weighted by Gasteiger charge is 2.44. The molecule has 1 aliphatic carbocycles. The molecule has 1 N–H and O–H groups in total. The number of hydrogen-bond donors (Lipinski definition) is 1. The Labute approximate surface area is 201 Å². The molecule has 2 unspecified atom stereocenters. The molecule has 33 heavy (non-hydrogen) atoms. The van der Waals surface area contributed by atoms with Crippen molar-refractivity contribution in [1.29, 1.82) is 0 Å². The quantitative estimate of drug-likeness (QED) is 0.232. The van der Waals surface area contributed by atoms with Crippen molar-refractivity contribution in [2.24, 2.45) is 0 Å². The van der Waals surface area contributed by atoms with Gasteiger partial charge >= 0.3 is 0 Å². The van der Waals surface area contributed by atoms with E-state index in [4.69, 9.17) is 21.1 Å². The van der Waals surface area contributed by atoms with E-state index in [1.54, 1.807) is 13.2 Å². The fourth-order valence-electron chi connectivity index (χ4n) is 4.44. The van der Waals surface area contributed by atoms with Crippen LogP contribution in [-0.4, -0.2) is 33.0 Å². The summed E-state index contributed by atoms with van der Waals surface area (Å²) in [5.41, 5.74) is 3.07. The lowest BCUT2D eigenvalue weighted by Gasteiger charge is -2.42. The van der Waals surface area contributed by atoms with Crippen molar-refractivity contribution >= 4 is 21.7 Å². The lowest BCUT2D eigenvalue weighted by atomic mass is 9.66. The number of benzene rings is 2. The summed E-state index contributed by atoms with van der Waals surface area (Å²) in [6.45, 7) is 4.17. The molecule has 7 heteroatoms. The zero-order valence-corrected chi connectivity index (χ0v) is 20.8. The second-order valence-corrected chi connectivity index (χ2v) is 10.2. The molecule has 0 heterocycles. The number of ether oxygens (including phenoxy) is 2. The van der Waals surface area contributed by atoms with Gasteiger partial charge in [0.25, 0.3) is 10.1 Å². The van der Waals surface area contributed by atoms with Crippen molar-refractivity contribution in [3.8, 4) is 11.1 Å². The van der Waals surface area contributed by atoms with Gasteiger partial charge in [-0.15, -0.1) is 0 Å². The van der Waals surface area contributed by atoms with Crippen molar-refractivity contribution in [2.75, 3.05) is 13.9 Å². The summed E-state index contributed by atoms with van der Waals surface area (Å²) >= 11 is 6.02. The van der Waals surface area contributed by atoms with Gasteiger partial charge in [0.15, 0.2) is 0 Å². The first-order valence-corrected chi connectivity index (χ1v) is 12.9. The predicted molar refractivity (Wildman–Crippen MR) is 133 cm³/mol. The maximum atomic E-state index is 12.1. The predicted octanol–water partition coefficient (Wildman–Crippen LogP) is 6.55. The monoisotopic (exact) mass is 490 g/mol. The van der Waals surface area contributed by atoms with Crippen LogP contribution in [0.3, 0.4) is 0 Å². The molecule has 5 nitrogen and oxygen atoms in total. The van der Waals surface area contributed by atoms with E-state index in [2.05, 4.69) is 6.92 Å². The minimum absolute atomic E-state index is 0.0163. The first-order chi connectivity index (χ1) is 15.7. The summed E-state index contributed by atoms with van der Waals surface area (Å²) < 4.78 is 45.4. The fraction of sp³-hybridized carbons (Fsp3) is 0.385. The van der Waals surface area contributed by atoms with Crippen LogP contribution in [0.5, 0.6) is 0 Å². The minimum atomic E-state index is -4.34. The van der Waals surface area contributed by atoms with E-state index >= 15 is 0 Å². The van der Waals surface area contributed by atoms with Gasteiger partial charge in [-0.3, -0.25) is 4.55 Å². The van der Waals surface area contributed by atoms with E-state index in [9.17, 15) is 13.0 Å². The molecular weight excluding hydrogens is 460 g/mol. The largest absolute Gasteiger partial charge is 0.359 e. The summed E-state index contributed by atoms with van der Waals surface area (Å²) in [4.78, 5) is -0.0163. The second kappa shape index (κ2) is 11.0. The number of methoxy groups -OCH3 is 1. The Hall–Kier alpha value is -1.96.